The van der Waals surface area contributed by atoms with Gasteiger partial charge in [0.05, 0.1) is 22.6 Å². The van der Waals surface area contributed by atoms with Crippen LogP contribution in [0.5, 0.6) is 5.75 Å². The van der Waals surface area contributed by atoms with Gasteiger partial charge in [-0.1, -0.05) is 18.2 Å². The first kappa shape index (κ1) is 17.7. The quantitative estimate of drug-likeness (QED) is 0.590. The number of sulfonamides is 1. The van der Waals surface area contributed by atoms with Crippen LogP contribution in [0.2, 0.25) is 0 Å². The number of rotatable bonds is 6. The fourth-order valence-corrected chi connectivity index (χ4v) is 3.88. The Kier molecular flexibility index (Phi) is 5.08. The first-order chi connectivity index (χ1) is 11.3. The molecule has 0 atom stereocenters. The van der Waals surface area contributed by atoms with Gasteiger partial charge in [0.25, 0.3) is 15.7 Å². The Morgan fingerprint density at radius 3 is 2.46 bits per heavy atom. The molecule has 0 heterocycles. The van der Waals surface area contributed by atoms with Crippen molar-refractivity contribution in [2.45, 2.75) is 18.7 Å². The molecule has 24 heavy (non-hydrogen) atoms. The Balaban J connectivity index is 2.59. The Labute approximate surface area is 140 Å². The Bertz CT molecular complexity index is 865. The number of hydrogen-bond acceptors (Lipinski definition) is 5. The van der Waals surface area contributed by atoms with Gasteiger partial charge in [-0.15, -0.1) is 0 Å². The van der Waals surface area contributed by atoms with Crippen molar-refractivity contribution < 1.29 is 18.1 Å². The molecule has 0 aliphatic heterocycles. The monoisotopic (exact) mass is 350 g/mol. The molecule has 0 aromatic heterocycles. The lowest BCUT2D eigenvalue weighted by Gasteiger charge is -2.24. The van der Waals surface area contributed by atoms with E-state index in [1.165, 1.54) is 23.5 Å². The van der Waals surface area contributed by atoms with Crippen molar-refractivity contribution in [3.8, 4) is 5.75 Å². The molecule has 2 rings (SSSR count). The number of aryl methyl sites for hydroxylation is 1. The highest BCUT2D eigenvalue weighted by Crippen LogP contribution is 2.33. The van der Waals surface area contributed by atoms with Crippen LogP contribution in [0.4, 0.5) is 11.4 Å². The van der Waals surface area contributed by atoms with Crippen molar-refractivity contribution in [1.29, 1.82) is 0 Å². The number of ether oxygens (including phenoxy) is 1. The van der Waals surface area contributed by atoms with E-state index in [2.05, 4.69) is 0 Å². The molecule has 0 radical (unpaired) electrons. The number of nitrogens with zero attached hydrogens (tertiary/aromatic N) is 2. The van der Waals surface area contributed by atoms with Crippen molar-refractivity contribution in [2.24, 2.45) is 0 Å². The largest absolute Gasteiger partial charge is 0.495 e. The number of nitro benzene ring substituents is 1. The van der Waals surface area contributed by atoms with Crippen molar-refractivity contribution in [3.63, 3.8) is 0 Å². The summed E-state index contributed by atoms with van der Waals surface area (Å²) < 4.78 is 32.3. The van der Waals surface area contributed by atoms with Gasteiger partial charge in [0.15, 0.2) is 0 Å². The zero-order valence-electron chi connectivity index (χ0n) is 13.6. The molecule has 2 aromatic carbocycles. The highest BCUT2D eigenvalue weighted by Gasteiger charge is 2.28. The number of methoxy groups -OCH3 is 1. The van der Waals surface area contributed by atoms with Crippen LogP contribution < -0.4 is 9.04 Å². The van der Waals surface area contributed by atoms with E-state index in [0.717, 1.165) is 6.07 Å². The highest BCUT2D eigenvalue weighted by molar-refractivity contribution is 7.92. The summed E-state index contributed by atoms with van der Waals surface area (Å²) in [5, 5.41) is 11.1. The summed E-state index contributed by atoms with van der Waals surface area (Å²) in [4.78, 5) is 10.4. The van der Waals surface area contributed by atoms with Crippen LogP contribution in [-0.4, -0.2) is 27.0 Å². The molecule has 0 bridgehead atoms. The summed E-state index contributed by atoms with van der Waals surface area (Å²) in [5.74, 6) is 0.407. The summed E-state index contributed by atoms with van der Waals surface area (Å²) in [7, 11) is -2.51. The van der Waals surface area contributed by atoms with Crippen LogP contribution in [0.1, 0.15) is 12.5 Å². The first-order valence-electron chi connectivity index (χ1n) is 7.23. The number of anilines is 1. The number of hydrogen-bond donors (Lipinski definition) is 0. The number of benzene rings is 2. The van der Waals surface area contributed by atoms with Crippen LogP contribution >= 0.6 is 0 Å². The van der Waals surface area contributed by atoms with Crippen LogP contribution in [0.15, 0.2) is 47.4 Å². The lowest BCUT2D eigenvalue weighted by atomic mass is 10.2. The predicted octanol–water partition coefficient (Wildman–Crippen LogP) is 3.13. The average molecular weight is 350 g/mol. The zero-order valence-corrected chi connectivity index (χ0v) is 14.4. The molecule has 7 nitrogen and oxygen atoms in total. The minimum Gasteiger partial charge on any atom is -0.495 e. The second kappa shape index (κ2) is 6.88. The van der Waals surface area contributed by atoms with E-state index in [-0.39, 0.29) is 17.1 Å². The first-order valence-corrected chi connectivity index (χ1v) is 8.67. The van der Waals surface area contributed by atoms with Gasteiger partial charge in [-0.05, 0) is 32.0 Å². The molecule has 0 fully saturated rings. The SMILES string of the molecule is CCN(c1ccccc1OC)S(=O)(=O)c1ccc(C)c([N+](=O)[O-])c1. The van der Waals surface area contributed by atoms with E-state index in [4.69, 9.17) is 4.74 Å². The summed E-state index contributed by atoms with van der Waals surface area (Å²) >= 11 is 0. The molecule has 0 amide bonds. The molecule has 0 saturated carbocycles. The molecule has 0 aliphatic rings. The molecule has 0 unspecified atom stereocenters. The van der Waals surface area contributed by atoms with E-state index in [1.807, 2.05) is 0 Å². The molecule has 0 aliphatic carbocycles. The van der Waals surface area contributed by atoms with Gasteiger partial charge >= 0.3 is 0 Å². The minimum absolute atomic E-state index is 0.132. The van der Waals surface area contributed by atoms with Gasteiger partial charge in [-0.25, -0.2) is 8.42 Å². The van der Waals surface area contributed by atoms with Crippen LogP contribution in [0.25, 0.3) is 0 Å². The molecule has 0 N–H and O–H groups in total. The minimum atomic E-state index is -3.96. The third-order valence-corrected chi connectivity index (χ3v) is 5.49. The zero-order chi connectivity index (χ0) is 17.9. The van der Waals surface area contributed by atoms with Crippen LogP contribution in [0.3, 0.4) is 0 Å². The van der Waals surface area contributed by atoms with Gasteiger partial charge in [-0.3, -0.25) is 14.4 Å². The summed E-state index contributed by atoms with van der Waals surface area (Å²) in [6.07, 6.45) is 0. The van der Waals surface area contributed by atoms with Crippen molar-refractivity contribution in [3.05, 3.63) is 58.1 Å². The van der Waals surface area contributed by atoms with Crippen molar-refractivity contribution in [1.82, 2.24) is 0 Å². The summed E-state index contributed by atoms with van der Waals surface area (Å²) in [6.45, 7) is 3.41. The van der Waals surface area contributed by atoms with Gasteiger partial charge in [-0.2, -0.15) is 0 Å². The predicted molar refractivity (Wildman–Crippen MR) is 91.0 cm³/mol. The molecule has 128 valence electrons. The maximum absolute atomic E-state index is 13.0. The molecular formula is C16H18N2O5S. The van der Waals surface area contributed by atoms with Crippen LogP contribution in [0, 0.1) is 17.0 Å². The van der Waals surface area contributed by atoms with E-state index in [9.17, 15) is 18.5 Å². The second-order valence-electron chi connectivity index (χ2n) is 5.05. The van der Waals surface area contributed by atoms with E-state index >= 15 is 0 Å². The Morgan fingerprint density at radius 1 is 1.21 bits per heavy atom. The molecule has 2 aromatic rings. The molecule has 8 heteroatoms. The third kappa shape index (κ3) is 3.18. The number of para-hydroxylation sites is 2. The summed E-state index contributed by atoms with van der Waals surface area (Å²) in [6, 6.07) is 10.6. The van der Waals surface area contributed by atoms with E-state index in [0.29, 0.717) is 17.0 Å². The van der Waals surface area contributed by atoms with E-state index in [1.54, 1.807) is 38.1 Å². The number of nitro groups is 1. The van der Waals surface area contributed by atoms with Gasteiger partial charge in [0.2, 0.25) is 0 Å². The van der Waals surface area contributed by atoms with Gasteiger partial charge < -0.3 is 4.74 Å². The van der Waals surface area contributed by atoms with Gasteiger partial charge in [0.1, 0.15) is 5.75 Å². The smallest absolute Gasteiger partial charge is 0.273 e. The topological polar surface area (TPSA) is 89.8 Å². The molecule has 0 spiro atoms. The normalized spacial score (nSPS) is 11.1. The van der Waals surface area contributed by atoms with Gasteiger partial charge in [0, 0.05) is 18.2 Å². The van der Waals surface area contributed by atoms with Crippen molar-refractivity contribution in [2.75, 3.05) is 18.0 Å². The Hall–Kier alpha value is -2.61. The van der Waals surface area contributed by atoms with Crippen LogP contribution in [-0.2, 0) is 10.0 Å². The van der Waals surface area contributed by atoms with Crippen molar-refractivity contribution >= 4 is 21.4 Å². The Morgan fingerprint density at radius 2 is 1.88 bits per heavy atom. The highest BCUT2D eigenvalue weighted by atomic mass is 32.2. The average Bonchev–Trinajstić information content (AvgIpc) is 2.55. The maximum Gasteiger partial charge on any atom is 0.273 e. The lowest BCUT2D eigenvalue weighted by Crippen LogP contribution is -2.31. The standard InChI is InChI=1S/C16H18N2O5S/c1-4-17(14-7-5-6-8-16(14)23-3)24(21,22)13-10-9-12(2)15(11-13)18(19)20/h5-11H,4H2,1-3H3. The molecular weight excluding hydrogens is 332 g/mol. The lowest BCUT2D eigenvalue weighted by molar-refractivity contribution is -0.385. The fraction of sp³-hybridized carbons (Fsp3) is 0.250. The molecule has 0 saturated heterocycles. The maximum atomic E-state index is 13.0. The third-order valence-electron chi connectivity index (χ3n) is 3.61. The van der Waals surface area contributed by atoms with E-state index < -0.39 is 14.9 Å². The second-order valence-corrected chi connectivity index (χ2v) is 6.91. The fourth-order valence-electron chi connectivity index (χ4n) is 2.38. The summed E-state index contributed by atoms with van der Waals surface area (Å²) in [5.41, 5.74) is 0.553.